The number of aromatic hydroxyl groups is 1. The average molecular weight is 408 g/mol. The zero-order valence-electron chi connectivity index (χ0n) is 17.2. The van der Waals surface area contributed by atoms with E-state index in [-0.39, 0.29) is 29.4 Å². The molecule has 0 aliphatic heterocycles. The van der Waals surface area contributed by atoms with Crippen LogP contribution in [0.3, 0.4) is 0 Å². The van der Waals surface area contributed by atoms with E-state index in [0.717, 1.165) is 22.1 Å². The summed E-state index contributed by atoms with van der Waals surface area (Å²) in [7, 11) is 0. The molecule has 4 rings (SSSR count). The monoisotopic (exact) mass is 408 g/mol. The van der Waals surface area contributed by atoms with Crippen LogP contribution >= 0.6 is 0 Å². The third-order valence-corrected chi connectivity index (χ3v) is 5.86. The van der Waals surface area contributed by atoms with Crippen LogP contribution in [0.2, 0.25) is 0 Å². The van der Waals surface area contributed by atoms with Crippen molar-refractivity contribution in [1.29, 1.82) is 0 Å². The number of carbonyl (C=O) groups is 1. The molecule has 0 saturated heterocycles. The highest BCUT2D eigenvalue weighted by molar-refractivity contribution is 5.99. The predicted molar refractivity (Wildman–Crippen MR) is 115 cm³/mol. The van der Waals surface area contributed by atoms with Gasteiger partial charge in [-0.15, -0.1) is 0 Å². The predicted octanol–water partition coefficient (Wildman–Crippen LogP) is 5.45. The van der Waals surface area contributed by atoms with Gasteiger partial charge >= 0.3 is 5.97 Å². The molecule has 5 nitrogen and oxygen atoms in total. The van der Waals surface area contributed by atoms with Crippen LogP contribution in [0.4, 0.5) is 10.2 Å². The van der Waals surface area contributed by atoms with Crippen molar-refractivity contribution >= 4 is 22.7 Å². The lowest BCUT2D eigenvalue weighted by molar-refractivity contribution is -0.144. The number of carboxylic acids is 1. The quantitative estimate of drug-likeness (QED) is 0.523. The number of aliphatic carboxylic acids is 1. The summed E-state index contributed by atoms with van der Waals surface area (Å²) in [5, 5.41) is 23.5. The van der Waals surface area contributed by atoms with Gasteiger partial charge in [-0.05, 0) is 66.6 Å². The van der Waals surface area contributed by atoms with Gasteiger partial charge in [0, 0.05) is 23.1 Å². The highest BCUT2D eigenvalue weighted by atomic mass is 19.1. The Bertz CT molecular complexity index is 1140. The molecular formula is C24H25FN2O3. The lowest BCUT2D eigenvalue weighted by Crippen LogP contribution is -2.40. The number of phenolic OH excluding ortho intramolecular Hbond substituents is 1. The number of nitrogens with zero attached hydrogens (tertiary/aromatic N) is 1. The highest BCUT2D eigenvalue weighted by Crippen LogP contribution is 2.42. The summed E-state index contributed by atoms with van der Waals surface area (Å²) in [6.45, 7) is 5.90. The van der Waals surface area contributed by atoms with Crippen LogP contribution in [0, 0.1) is 18.7 Å². The normalized spacial score (nSPS) is 18.4. The van der Waals surface area contributed by atoms with Crippen molar-refractivity contribution in [3.63, 3.8) is 0 Å². The largest absolute Gasteiger partial charge is 0.508 e. The molecule has 0 radical (unpaired) electrons. The maximum Gasteiger partial charge on any atom is 0.306 e. The molecule has 156 valence electrons. The van der Waals surface area contributed by atoms with Crippen molar-refractivity contribution in [2.24, 2.45) is 5.92 Å². The number of hydrogen-bond donors (Lipinski definition) is 3. The van der Waals surface area contributed by atoms with Crippen molar-refractivity contribution < 1.29 is 19.4 Å². The molecule has 1 fully saturated rings. The fourth-order valence-corrected chi connectivity index (χ4v) is 4.18. The molecular weight excluding hydrogens is 383 g/mol. The maximum atomic E-state index is 13.9. The summed E-state index contributed by atoms with van der Waals surface area (Å²) in [6, 6.07) is 10.2. The zero-order valence-corrected chi connectivity index (χ0v) is 17.2. The van der Waals surface area contributed by atoms with E-state index in [2.05, 4.69) is 19.2 Å². The fraction of sp³-hybridized carbons (Fsp3) is 0.333. The summed E-state index contributed by atoms with van der Waals surface area (Å²) >= 11 is 0. The second-order valence-electron chi connectivity index (χ2n) is 8.42. The third kappa shape index (κ3) is 3.58. The topological polar surface area (TPSA) is 82.5 Å². The number of carboxylic acid groups (broad SMARTS) is 1. The third-order valence-electron chi connectivity index (χ3n) is 5.86. The van der Waals surface area contributed by atoms with Crippen LogP contribution in [0.15, 0.2) is 36.4 Å². The Balaban J connectivity index is 1.90. The molecule has 1 saturated carbocycles. The van der Waals surface area contributed by atoms with Crippen LogP contribution in [0.1, 0.15) is 43.7 Å². The van der Waals surface area contributed by atoms with E-state index in [1.165, 1.54) is 6.07 Å². The van der Waals surface area contributed by atoms with E-state index in [1.807, 2.05) is 12.1 Å². The molecule has 30 heavy (non-hydrogen) atoms. The van der Waals surface area contributed by atoms with Crippen molar-refractivity contribution in [2.75, 3.05) is 5.32 Å². The summed E-state index contributed by atoms with van der Waals surface area (Å²) in [6.07, 6.45) is 1.11. The van der Waals surface area contributed by atoms with Crippen LogP contribution in [0.5, 0.6) is 5.75 Å². The summed E-state index contributed by atoms with van der Waals surface area (Å²) < 4.78 is 13.9. The number of aryl methyl sites for hydroxylation is 1. The van der Waals surface area contributed by atoms with E-state index >= 15 is 0 Å². The number of halogens is 1. The number of pyridine rings is 1. The Morgan fingerprint density at radius 2 is 1.93 bits per heavy atom. The zero-order chi connectivity index (χ0) is 21.6. The van der Waals surface area contributed by atoms with Gasteiger partial charge in [0.25, 0.3) is 0 Å². The first-order valence-corrected chi connectivity index (χ1v) is 10.2. The minimum absolute atomic E-state index is 0.0358. The number of benzene rings is 2. The number of nitrogens with one attached hydrogen (secondary N) is 1. The first-order valence-electron chi connectivity index (χ1n) is 10.2. The minimum atomic E-state index is -0.768. The number of anilines is 1. The van der Waals surface area contributed by atoms with Gasteiger partial charge < -0.3 is 15.5 Å². The van der Waals surface area contributed by atoms with Gasteiger partial charge in [0.2, 0.25) is 0 Å². The minimum Gasteiger partial charge on any atom is -0.508 e. The molecule has 1 aliphatic rings. The Morgan fingerprint density at radius 1 is 1.20 bits per heavy atom. The molecule has 3 N–H and O–H groups in total. The molecule has 0 spiro atoms. The van der Waals surface area contributed by atoms with Crippen molar-refractivity contribution in [3.8, 4) is 16.9 Å². The molecule has 1 aromatic heterocycles. The fourth-order valence-electron chi connectivity index (χ4n) is 4.18. The Morgan fingerprint density at radius 3 is 2.57 bits per heavy atom. The van der Waals surface area contributed by atoms with E-state index in [4.69, 9.17) is 4.98 Å². The van der Waals surface area contributed by atoms with Crippen LogP contribution in [0.25, 0.3) is 22.0 Å². The van der Waals surface area contributed by atoms with Gasteiger partial charge in [0.15, 0.2) is 0 Å². The molecule has 0 unspecified atom stereocenters. The standard InChI is InChI=1S/C24H25FN2O3/c1-12(2)21-22(14-4-7-19(25)13(3)8-14)18-6-5-17(28)11-20(18)27-23(21)26-16-9-15(10-16)24(29)30/h4-8,11-12,15-16,28H,9-10H2,1-3H3,(H,26,27)(H,29,30)/t15-,16-. The van der Waals surface area contributed by atoms with Crippen molar-refractivity contribution in [3.05, 3.63) is 53.3 Å². The second-order valence-corrected chi connectivity index (χ2v) is 8.42. The van der Waals surface area contributed by atoms with Gasteiger partial charge in [-0.1, -0.05) is 19.9 Å². The maximum absolute atomic E-state index is 13.9. The number of fused-ring (bicyclic) bond motifs is 1. The first-order chi connectivity index (χ1) is 14.2. The Labute approximate surface area is 174 Å². The lowest BCUT2D eigenvalue weighted by atomic mass is 9.80. The van der Waals surface area contributed by atoms with Gasteiger partial charge in [-0.2, -0.15) is 0 Å². The Hall–Kier alpha value is -3.15. The van der Waals surface area contributed by atoms with Crippen LogP contribution in [-0.2, 0) is 4.79 Å². The summed E-state index contributed by atoms with van der Waals surface area (Å²) in [5.41, 5.74) is 4.03. The molecule has 6 heteroatoms. The van der Waals surface area contributed by atoms with Gasteiger partial charge in [-0.3, -0.25) is 4.79 Å². The van der Waals surface area contributed by atoms with E-state index in [0.29, 0.717) is 29.7 Å². The lowest BCUT2D eigenvalue weighted by Gasteiger charge is -2.34. The summed E-state index contributed by atoms with van der Waals surface area (Å²) in [5.74, 6) is -0.421. The first kappa shape index (κ1) is 20.1. The number of aromatic nitrogens is 1. The molecule has 0 bridgehead atoms. The van der Waals surface area contributed by atoms with Crippen LogP contribution < -0.4 is 5.32 Å². The van der Waals surface area contributed by atoms with Gasteiger partial charge in [0.05, 0.1) is 11.4 Å². The number of hydrogen-bond acceptors (Lipinski definition) is 4. The molecule has 1 heterocycles. The smallest absolute Gasteiger partial charge is 0.306 e. The van der Waals surface area contributed by atoms with E-state index in [9.17, 15) is 19.4 Å². The SMILES string of the molecule is Cc1cc(-c2c(C(C)C)c(N[C@H]3C[C@H](C(=O)O)C3)nc3cc(O)ccc23)ccc1F. The number of phenols is 1. The highest BCUT2D eigenvalue weighted by Gasteiger charge is 2.35. The van der Waals surface area contributed by atoms with Gasteiger partial charge in [-0.25, -0.2) is 9.37 Å². The van der Waals surface area contributed by atoms with E-state index < -0.39 is 5.97 Å². The number of rotatable bonds is 5. The molecule has 0 amide bonds. The van der Waals surface area contributed by atoms with Crippen molar-refractivity contribution in [2.45, 2.75) is 45.6 Å². The molecule has 1 aliphatic carbocycles. The van der Waals surface area contributed by atoms with Crippen molar-refractivity contribution in [1.82, 2.24) is 4.98 Å². The van der Waals surface area contributed by atoms with Crippen LogP contribution in [-0.4, -0.2) is 27.2 Å². The molecule has 3 aromatic rings. The molecule has 0 atom stereocenters. The Kier molecular flexibility index (Phi) is 5.10. The van der Waals surface area contributed by atoms with E-state index in [1.54, 1.807) is 25.1 Å². The molecule has 2 aromatic carbocycles. The average Bonchev–Trinajstić information content (AvgIpc) is 2.64. The second kappa shape index (κ2) is 7.59. The van der Waals surface area contributed by atoms with Gasteiger partial charge in [0.1, 0.15) is 17.4 Å². The summed E-state index contributed by atoms with van der Waals surface area (Å²) in [4.78, 5) is 15.9.